The number of fused-ring (bicyclic) bond motifs is 3. The highest BCUT2D eigenvalue weighted by Crippen LogP contribution is 2.40. The SMILES string of the molecule is CCOc1cccc2c1C(=O)c1ccccc1-2. The van der Waals surface area contributed by atoms with E-state index in [0.29, 0.717) is 17.9 Å². The lowest BCUT2D eigenvalue weighted by Gasteiger charge is -2.07. The molecule has 1 aliphatic carbocycles. The van der Waals surface area contributed by atoms with E-state index in [1.54, 1.807) is 0 Å². The molecule has 0 bridgehead atoms. The molecule has 0 saturated carbocycles. The number of carbonyl (C=O) groups is 1. The van der Waals surface area contributed by atoms with Crippen LogP contribution in [0.15, 0.2) is 42.5 Å². The molecule has 0 unspecified atom stereocenters. The summed E-state index contributed by atoms with van der Waals surface area (Å²) in [5.41, 5.74) is 3.47. The van der Waals surface area contributed by atoms with Gasteiger partial charge < -0.3 is 4.74 Å². The van der Waals surface area contributed by atoms with Crippen LogP contribution in [0.3, 0.4) is 0 Å². The monoisotopic (exact) mass is 224 g/mol. The quantitative estimate of drug-likeness (QED) is 0.667. The van der Waals surface area contributed by atoms with E-state index in [9.17, 15) is 4.79 Å². The standard InChI is InChI=1S/C15H12O2/c1-2-17-13-9-5-8-11-10-6-3-4-7-12(10)15(16)14(11)13/h3-9H,2H2,1H3. The van der Waals surface area contributed by atoms with Gasteiger partial charge in [-0.3, -0.25) is 4.79 Å². The van der Waals surface area contributed by atoms with Crippen LogP contribution in [-0.4, -0.2) is 12.4 Å². The summed E-state index contributed by atoms with van der Waals surface area (Å²) >= 11 is 0. The fraction of sp³-hybridized carbons (Fsp3) is 0.133. The Morgan fingerprint density at radius 2 is 1.65 bits per heavy atom. The molecule has 0 N–H and O–H groups in total. The highest BCUT2D eigenvalue weighted by molar-refractivity contribution is 6.23. The molecular weight excluding hydrogens is 212 g/mol. The van der Waals surface area contributed by atoms with Crippen molar-refractivity contribution in [2.75, 3.05) is 6.61 Å². The number of hydrogen-bond acceptors (Lipinski definition) is 2. The second-order valence-electron chi connectivity index (χ2n) is 3.99. The van der Waals surface area contributed by atoms with E-state index >= 15 is 0 Å². The second kappa shape index (κ2) is 3.74. The maximum atomic E-state index is 12.3. The highest BCUT2D eigenvalue weighted by atomic mass is 16.5. The van der Waals surface area contributed by atoms with Crippen molar-refractivity contribution in [2.24, 2.45) is 0 Å². The van der Waals surface area contributed by atoms with E-state index in [2.05, 4.69) is 0 Å². The Kier molecular flexibility index (Phi) is 2.22. The van der Waals surface area contributed by atoms with Crippen LogP contribution in [0.25, 0.3) is 11.1 Å². The summed E-state index contributed by atoms with van der Waals surface area (Å²) in [7, 11) is 0. The summed E-state index contributed by atoms with van der Waals surface area (Å²) in [6.45, 7) is 2.49. The fourth-order valence-corrected chi connectivity index (χ4v) is 2.32. The summed E-state index contributed by atoms with van der Waals surface area (Å²) in [4.78, 5) is 12.3. The molecule has 0 saturated heterocycles. The molecule has 2 heteroatoms. The zero-order valence-corrected chi connectivity index (χ0v) is 9.57. The third-order valence-corrected chi connectivity index (χ3v) is 3.01. The van der Waals surface area contributed by atoms with Gasteiger partial charge >= 0.3 is 0 Å². The summed E-state index contributed by atoms with van der Waals surface area (Å²) in [6.07, 6.45) is 0. The fourth-order valence-electron chi connectivity index (χ4n) is 2.32. The van der Waals surface area contributed by atoms with Crippen molar-refractivity contribution in [2.45, 2.75) is 6.92 Å². The first-order chi connectivity index (χ1) is 8.33. The number of ketones is 1. The van der Waals surface area contributed by atoms with Crippen molar-refractivity contribution in [1.82, 2.24) is 0 Å². The number of benzene rings is 2. The molecule has 0 fully saturated rings. The van der Waals surface area contributed by atoms with Crippen LogP contribution in [0, 0.1) is 0 Å². The van der Waals surface area contributed by atoms with Gasteiger partial charge in [0.1, 0.15) is 5.75 Å². The molecule has 2 aromatic carbocycles. The Labute approximate surface area is 99.9 Å². The predicted molar refractivity (Wildman–Crippen MR) is 66.5 cm³/mol. The molecule has 0 aromatic heterocycles. The molecule has 1 aliphatic rings. The van der Waals surface area contributed by atoms with Gasteiger partial charge in [0, 0.05) is 5.56 Å². The molecule has 3 rings (SSSR count). The normalized spacial score (nSPS) is 12.2. The third-order valence-electron chi connectivity index (χ3n) is 3.01. The van der Waals surface area contributed by atoms with Crippen LogP contribution < -0.4 is 4.74 Å². The molecule has 2 nitrogen and oxygen atoms in total. The van der Waals surface area contributed by atoms with Gasteiger partial charge in [0.05, 0.1) is 12.2 Å². The molecule has 0 atom stereocenters. The van der Waals surface area contributed by atoms with Gasteiger partial charge in [-0.25, -0.2) is 0 Å². The average Bonchev–Trinajstić information content (AvgIpc) is 2.66. The molecule has 0 heterocycles. The lowest BCUT2D eigenvalue weighted by Crippen LogP contribution is -2.01. The van der Waals surface area contributed by atoms with E-state index in [4.69, 9.17) is 4.74 Å². The molecule has 17 heavy (non-hydrogen) atoms. The van der Waals surface area contributed by atoms with Crippen molar-refractivity contribution in [3.05, 3.63) is 53.6 Å². The van der Waals surface area contributed by atoms with E-state index in [1.807, 2.05) is 49.4 Å². The number of hydrogen-bond donors (Lipinski definition) is 0. The zero-order chi connectivity index (χ0) is 11.8. The molecule has 0 aliphatic heterocycles. The van der Waals surface area contributed by atoms with Crippen LogP contribution in [0.1, 0.15) is 22.8 Å². The lowest BCUT2D eigenvalue weighted by molar-refractivity contribution is 0.104. The summed E-state index contributed by atoms with van der Waals surface area (Å²) in [6, 6.07) is 13.5. The number of ether oxygens (including phenoxy) is 1. The summed E-state index contributed by atoms with van der Waals surface area (Å²) in [5, 5.41) is 0. The first-order valence-corrected chi connectivity index (χ1v) is 5.73. The van der Waals surface area contributed by atoms with Gasteiger partial charge in [-0.05, 0) is 24.1 Å². The smallest absolute Gasteiger partial charge is 0.198 e. The number of rotatable bonds is 2. The molecular formula is C15H12O2. The summed E-state index contributed by atoms with van der Waals surface area (Å²) in [5.74, 6) is 0.755. The molecule has 84 valence electrons. The minimum atomic E-state index is 0.0691. The van der Waals surface area contributed by atoms with Crippen molar-refractivity contribution >= 4 is 5.78 Å². The van der Waals surface area contributed by atoms with Crippen molar-refractivity contribution < 1.29 is 9.53 Å². The van der Waals surface area contributed by atoms with E-state index < -0.39 is 0 Å². The number of carbonyl (C=O) groups excluding carboxylic acids is 1. The van der Waals surface area contributed by atoms with Gasteiger partial charge in [-0.15, -0.1) is 0 Å². The van der Waals surface area contributed by atoms with Crippen molar-refractivity contribution in [3.63, 3.8) is 0 Å². The topological polar surface area (TPSA) is 26.3 Å². The van der Waals surface area contributed by atoms with Gasteiger partial charge in [0.15, 0.2) is 5.78 Å². The second-order valence-corrected chi connectivity index (χ2v) is 3.99. The van der Waals surface area contributed by atoms with Crippen LogP contribution >= 0.6 is 0 Å². The Morgan fingerprint density at radius 3 is 2.41 bits per heavy atom. The molecule has 2 aromatic rings. The van der Waals surface area contributed by atoms with Crippen LogP contribution in [0.5, 0.6) is 5.75 Å². The van der Waals surface area contributed by atoms with E-state index in [0.717, 1.165) is 16.7 Å². The molecule has 0 amide bonds. The minimum absolute atomic E-state index is 0.0691. The largest absolute Gasteiger partial charge is 0.493 e. The maximum Gasteiger partial charge on any atom is 0.198 e. The third kappa shape index (κ3) is 1.37. The maximum absolute atomic E-state index is 12.3. The Morgan fingerprint density at radius 1 is 0.941 bits per heavy atom. The predicted octanol–water partition coefficient (Wildman–Crippen LogP) is 3.30. The molecule has 0 spiro atoms. The Hall–Kier alpha value is -2.09. The highest BCUT2D eigenvalue weighted by Gasteiger charge is 2.29. The van der Waals surface area contributed by atoms with Gasteiger partial charge in [-0.1, -0.05) is 36.4 Å². The Balaban J connectivity index is 2.27. The van der Waals surface area contributed by atoms with Gasteiger partial charge in [-0.2, -0.15) is 0 Å². The Bertz CT molecular complexity index is 600. The van der Waals surface area contributed by atoms with Crippen molar-refractivity contribution in [3.8, 4) is 16.9 Å². The van der Waals surface area contributed by atoms with Crippen molar-refractivity contribution in [1.29, 1.82) is 0 Å². The average molecular weight is 224 g/mol. The van der Waals surface area contributed by atoms with E-state index in [-0.39, 0.29) is 5.78 Å². The molecule has 0 radical (unpaired) electrons. The first-order valence-electron chi connectivity index (χ1n) is 5.73. The first kappa shape index (κ1) is 10.1. The zero-order valence-electron chi connectivity index (χ0n) is 9.57. The minimum Gasteiger partial charge on any atom is -0.493 e. The van der Waals surface area contributed by atoms with Crippen LogP contribution in [-0.2, 0) is 0 Å². The van der Waals surface area contributed by atoms with Gasteiger partial charge in [0.25, 0.3) is 0 Å². The van der Waals surface area contributed by atoms with E-state index in [1.165, 1.54) is 0 Å². The summed E-state index contributed by atoms with van der Waals surface area (Å²) < 4.78 is 5.53. The van der Waals surface area contributed by atoms with Crippen LogP contribution in [0.2, 0.25) is 0 Å². The van der Waals surface area contributed by atoms with Gasteiger partial charge in [0.2, 0.25) is 0 Å². The lowest BCUT2D eigenvalue weighted by atomic mass is 10.1. The van der Waals surface area contributed by atoms with Crippen LogP contribution in [0.4, 0.5) is 0 Å².